The van der Waals surface area contributed by atoms with E-state index in [1.165, 1.54) is 18.3 Å². The van der Waals surface area contributed by atoms with E-state index in [9.17, 15) is 8.78 Å². The molecule has 0 amide bonds. The van der Waals surface area contributed by atoms with Crippen LogP contribution in [0.1, 0.15) is 5.56 Å². The molecule has 0 spiro atoms. The number of ether oxygens (including phenoxy) is 1. The van der Waals surface area contributed by atoms with E-state index in [0.717, 1.165) is 12.1 Å². The highest BCUT2D eigenvalue weighted by Gasteiger charge is 2.11. The molecule has 0 radical (unpaired) electrons. The zero-order chi connectivity index (χ0) is 13.1. The summed E-state index contributed by atoms with van der Waals surface area (Å²) in [6.45, 7) is 0. The molecule has 0 aliphatic heterocycles. The third-order valence-corrected chi connectivity index (χ3v) is 2.48. The number of hydrogen-bond donors (Lipinski definition) is 0. The zero-order valence-electron chi connectivity index (χ0n) is 8.82. The first-order valence-corrected chi connectivity index (χ1v) is 5.58. The molecule has 2 aromatic rings. The second-order valence-electron chi connectivity index (χ2n) is 3.30. The maximum Gasteiger partial charge on any atom is 0.256 e. The van der Waals surface area contributed by atoms with Gasteiger partial charge in [0.05, 0.1) is 11.6 Å². The minimum atomic E-state index is -0.752. The van der Waals surface area contributed by atoms with Crippen LogP contribution in [0.3, 0.4) is 0 Å². The normalized spacial score (nSPS) is 9.89. The van der Waals surface area contributed by atoms with Crippen molar-refractivity contribution in [2.75, 3.05) is 0 Å². The van der Waals surface area contributed by atoms with Gasteiger partial charge >= 0.3 is 0 Å². The highest BCUT2D eigenvalue weighted by molar-refractivity contribution is 9.10. The van der Waals surface area contributed by atoms with Crippen molar-refractivity contribution in [3.63, 3.8) is 0 Å². The lowest BCUT2D eigenvalue weighted by atomic mass is 10.2. The zero-order valence-corrected chi connectivity index (χ0v) is 10.4. The van der Waals surface area contributed by atoms with Crippen LogP contribution in [0.25, 0.3) is 0 Å². The molecule has 0 saturated carbocycles. The maximum absolute atomic E-state index is 13.5. The van der Waals surface area contributed by atoms with Crippen molar-refractivity contribution >= 4 is 15.9 Å². The molecule has 3 nitrogen and oxygen atoms in total. The van der Waals surface area contributed by atoms with E-state index in [1.54, 1.807) is 6.07 Å². The topological polar surface area (TPSA) is 45.9 Å². The molecular weight excluding hydrogens is 306 g/mol. The van der Waals surface area contributed by atoms with Crippen molar-refractivity contribution in [3.8, 4) is 17.7 Å². The largest absolute Gasteiger partial charge is 0.433 e. The number of halogens is 3. The average molecular weight is 311 g/mol. The van der Waals surface area contributed by atoms with Crippen molar-refractivity contribution in [1.29, 1.82) is 5.26 Å². The number of nitrogens with zero attached hydrogens (tertiary/aromatic N) is 2. The summed E-state index contributed by atoms with van der Waals surface area (Å²) in [7, 11) is 0. The lowest BCUT2D eigenvalue weighted by molar-refractivity contribution is 0.398. The third kappa shape index (κ3) is 2.63. The fraction of sp³-hybridized carbons (Fsp3) is 0. The second kappa shape index (κ2) is 5.10. The molecule has 18 heavy (non-hydrogen) atoms. The number of benzene rings is 1. The van der Waals surface area contributed by atoms with Crippen LogP contribution in [0.2, 0.25) is 0 Å². The van der Waals surface area contributed by atoms with Crippen molar-refractivity contribution in [3.05, 3.63) is 52.1 Å². The van der Waals surface area contributed by atoms with Gasteiger partial charge in [-0.1, -0.05) is 0 Å². The third-order valence-electron chi connectivity index (χ3n) is 2.04. The minimum Gasteiger partial charge on any atom is -0.433 e. The number of aromatic nitrogens is 1. The van der Waals surface area contributed by atoms with Gasteiger partial charge in [0.25, 0.3) is 5.88 Å². The molecule has 1 aromatic heterocycles. The molecule has 0 aliphatic rings. The van der Waals surface area contributed by atoms with E-state index in [0.29, 0.717) is 4.47 Å². The van der Waals surface area contributed by atoms with Crippen molar-refractivity contribution < 1.29 is 13.5 Å². The number of nitriles is 1. The molecule has 6 heteroatoms. The molecular formula is C12H5BrF2N2O. The van der Waals surface area contributed by atoms with E-state index in [1.807, 2.05) is 0 Å². The Kier molecular flexibility index (Phi) is 3.53. The highest BCUT2D eigenvalue weighted by atomic mass is 79.9. The lowest BCUT2D eigenvalue weighted by Gasteiger charge is -2.06. The van der Waals surface area contributed by atoms with Crippen LogP contribution in [-0.2, 0) is 0 Å². The molecule has 0 atom stereocenters. The Morgan fingerprint density at radius 3 is 2.61 bits per heavy atom. The molecule has 1 heterocycles. The Morgan fingerprint density at radius 2 is 2.00 bits per heavy atom. The molecule has 1 aromatic carbocycles. The minimum absolute atomic E-state index is 0.157. The summed E-state index contributed by atoms with van der Waals surface area (Å²) in [6.07, 6.45) is 1.33. The van der Waals surface area contributed by atoms with Gasteiger partial charge in [-0.15, -0.1) is 0 Å². The first-order chi connectivity index (χ1) is 8.60. The van der Waals surface area contributed by atoms with Crippen LogP contribution in [0.15, 0.2) is 34.9 Å². The van der Waals surface area contributed by atoms with Crippen molar-refractivity contribution in [2.24, 2.45) is 0 Å². The van der Waals surface area contributed by atoms with Gasteiger partial charge in [0.15, 0.2) is 17.4 Å². The van der Waals surface area contributed by atoms with Gasteiger partial charge < -0.3 is 4.74 Å². The SMILES string of the molecule is N#Cc1ccc(Oc2ncc(Br)cc2F)c(F)c1. The fourth-order valence-corrected chi connectivity index (χ4v) is 1.54. The predicted octanol–water partition coefficient (Wildman–Crippen LogP) is 3.79. The summed E-state index contributed by atoms with van der Waals surface area (Å²) in [6, 6.07) is 6.57. The van der Waals surface area contributed by atoms with E-state index >= 15 is 0 Å². The Hall–Kier alpha value is -2.00. The maximum atomic E-state index is 13.5. The van der Waals surface area contributed by atoms with Crippen LogP contribution < -0.4 is 4.74 Å². The first-order valence-electron chi connectivity index (χ1n) is 4.78. The van der Waals surface area contributed by atoms with Crippen molar-refractivity contribution in [1.82, 2.24) is 4.98 Å². The molecule has 0 saturated heterocycles. The highest BCUT2D eigenvalue weighted by Crippen LogP contribution is 2.26. The second-order valence-corrected chi connectivity index (χ2v) is 4.22. The van der Waals surface area contributed by atoms with Crippen LogP contribution >= 0.6 is 15.9 Å². The van der Waals surface area contributed by atoms with E-state index in [2.05, 4.69) is 20.9 Å². The summed E-state index contributed by atoms with van der Waals surface area (Å²) in [5.74, 6) is -1.99. The van der Waals surface area contributed by atoms with E-state index in [-0.39, 0.29) is 17.2 Å². The average Bonchev–Trinajstić information content (AvgIpc) is 2.34. The Labute approximate surface area is 110 Å². The quantitative estimate of drug-likeness (QED) is 0.848. The molecule has 0 fully saturated rings. The molecule has 0 bridgehead atoms. The summed E-state index contributed by atoms with van der Waals surface area (Å²) >= 11 is 3.05. The van der Waals surface area contributed by atoms with Crippen LogP contribution in [0.4, 0.5) is 8.78 Å². The van der Waals surface area contributed by atoms with E-state index in [4.69, 9.17) is 10.00 Å². The number of pyridine rings is 1. The standard InChI is InChI=1S/C12H5BrF2N2O/c13-8-4-10(15)12(17-6-8)18-11-2-1-7(5-16)3-9(11)14/h1-4,6H. The van der Waals surface area contributed by atoms with Gasteiger partial charge in [-0.05, 0) is 40.2 Å². The fourth-order valence-electron chi connectivity index (χ4n) is 1.23. The predicted molar refractivity (Wildman–Crippen MR) is 63.1 cm³/mol. The summed E-state index contributed by atoms with van der Waals surface area (Å²) < 4.78 is 32.4. The van der Waals surface area contributed by atoms with Gasteiger partial charge in [-0.3, -0.25) is 0 Å². The van der Waals surface area contributed by atoms with Crippen LogP contribution in [0.5, 0.6) is 11.6 Å². The van der Waals surface area contributed by atoms with Crippen LogP contribution in [0, 0.1) is 23.0 Å². The molecule has 90 valence electrons. The lowest BCUT2D eigenvalue weighted by Crippen LogP contribution is -1.94. The van der Waals surface area contributed by atoms with E-state index < -0.39 is 11.6 Å². The van der Waals surface area contributed by atoms with Crippen LogP contribution in [-0.4, -0.2) is 4.98 Å². The summed E-state index contributed by atoms with van der Waals surface area (Å²) in [4.78, 5) is 3.68. The Balaban J connectivity index is 2.32. The Morgan fingerprint density at radius 1 is 1.22 bits per heavy atom. The van der Waals surface area contributed by atoms with Gasteiger partial charge in [0.1, 0.15) is 0 Å². The number of rotatable bonds is 2. The van der Waals surface area contributed by atoms with Gasteiger partial charge in [0, 0.05) is 10.7 Å². The van der Waals surface area contributed by atoms with Gasteiger partial charge in [-0.2, -0.15) is 5.26 Å². The Bertz CT molecular complexity index is 640. The summed E-state index contributed by atoms with van der Waals surface area (Å²) in [5, 5.41) is 8.58. The monoisotopic (exact) mass is 310 g/mol. The summed E-state index contributed by atoms with van der Waals surface area (Å²) in [5.41, 5.74) is 0.157. The van der Waals surface area contributed by atoms with Gasteiger partial charge in [0.2, 0.25) is 0 Å². The number of hydrogen-bond acceptors (Lipinski definition) is 3. The van der Waals surface area contributed by atoms with Crippen molar-refractivity contribution in [2.45, 2.75) is 0 Å². The smallest absolute Gasteiger partial charge is 0.256 e. The molecule has 0 N–H and O–H groups in total. The molecule has 0 aliphatic carbocycles. The van der Waals surface area contributed by atoms with Gasteiger partial charge in [-0.25, -0.2) is 13.8 Å². The molecule has 2 rings (SSSR count). The first kappa shape index (κ1) is 12.5. The molecule has 0 unspecified atom stereocenters.